The second-order valence-corrected chi connectivity index (χ2v) is 1.58. The molecule has 0 unspecified atom stereocenters. The lowest BCUT2D eigenvalue weighted by Gasteiger charge is -1.84. The van der Waals surface area contributed by atoms with Crippen molar-refractivity contribution in [2.24, 2.45) is 0 Å². The van der Waals surface area contributed by atoms with Crippen molar-refractivity contribution in [1.29, 1.82) is 0 Å². The Kier molecular flexibility index (Phi) is 4.56. The van der Waals surface area contributed by atoms with Crippen LogP contribution in [-0.2, 0) is 9.59 Å². The van der Waals surface area contributed by atoms with Crippen molar-refractivity contribution >= 4 is 23.7 Å². The lowest BCUT2D eigenvalue weighted by Crippen LogP contribution is -1.97. The third kappa shape index (κ3) is 3.81. The fourth-order valence-electron chi connectivity index (χ4n) is 0.257. The largest absolute Gasteiger partial charge is 0.298 e. The van der Waals surface area contributed by atoms with Crippen LogP contribution in [0.3, 0.4) is 0 Å². The fourth-order valence-corrected chi connectivity index (χ4v) is 0.391. The highest BCUT2D eigenvalue weighted by Crippen LogP contribution is 1.88. The maximum absolute atomic E-state index is 10.3. The van der Waals surface area contributed by atoms with E-state index in [1.165, 1.54) is 0 Å². The summed E-state index contributed by atoms with van der Waals surface area (Å²) < 4.78 is 0. The van der Waals surface area contributed by atoms with E-state index in [1.54, 1.807) is 6.29 Å². The summed E-state index contributed by atoms with van der Waals surface area (Å²) in [6, 6.07) is 0. The van der Waals surface area contributed by atoms with E-state index in [0.717, 1.165) is 0 Å². The van der Waals surface area contributed by atoms with Crippen molar-refractivity contribution in [1.82, 2.24) is 0 Å². The van der Waals surface area contributed by atoms with Gasteiger partial charge >= 0.3 is 0 Å². The molecule has 0 atom stereocenters. The number of carbonyl (C=O) groups excluding carboxylic acids is 2. The molecule has 0 aliphatic heterocycles. The summed E-state index contributed by atoms with van der Waals surface area (Å²) in [6.07, 6.45) is 2.00. The SMILES string of the molecule is O=[C]CCC(=O)CCl. The predicted octanol–water partition coefficient (Wildman–Crippen LogP) is 0.684. The molecule has 0 aliphatic rings. The maximum Gasteiger partial charge on any atom is 0.198 e. The van der Waals surface area contributed by atoms with E-state index in [0.29, 0.717) is 0 Å². The van der Waals surface area contributed by atoms with Crippen LogP contribution in [0.15, 0.2) is 0 Å². The molecule has 0 amide bonds. The molecule has 0 saturated heterocycles. The van der Waals surface area contributed by atoms with Crippen LogP contribution in [0.1, 0.15) is 12.8 Å². The second-order valence-electron chi connectivity index (χ2n) is 1.32. The third-order valence-corrected chi connectivity index (χ3v) is 0.953. The third-order valence-electron chi connectivity index (χ3n) is 0.655. The molecule has 0 aromatic heterocycles. The molecule has 0 heterocycles. The van der Waals surface area contributed by atoms with Crippen LogP contribution >= 0.6 is 11.6 Å². The first-order chi connectivity index (χ1) is 3.81. The molecule has 0 aromatic carbocycles. The molecule has 0 N–H and O–H groups in total. The zero-order valence-electron chi connectivity index (χ0n) is 4.32. The molecular weight excluding hydrogens is 128 g/mol. The molecule has 0 aromatic rings. The molecule has 0 saturated carbocycles. The average molecular weight is 134 g/mol. The van der Waals surface area contributed by atoms with Gasteiger partial charge in [-0.3, -0.25) is 9.59 Å². The van der Waals surface area contributed by atoms with Crippen molar-refractivity contribution in [2.45, 2.75) is 12.8 Å². The van der Waals surface area contributed by atoms with Gasteiger partial charge in [-0.15, -0.1) is 11.6 Å². The van der Waals surface area contributed by atoms with Crippen LogP contribution in [0.2, 0.25) is 0 Å². The number of ketones is 1. The first-order valence-corrected chi connectivity index (χ1v) is 2.77. The standard InChI is InChI=1S/C5H6ClO2/c6-4-5(8)2-1-3-7/h1-2,4H2. The Morgan fingerprint density at radius 1 is 1.62 bits per heavy atom. The number of Topliss-reactive ketones (excluding diaryl/α,β-unsaturated/α-hetero) is 1. The minimum absolute atomic E-state index is 0.00167. The van der Waals surface area contributed by atoms with Crippen LogP contribution in [0.4, 0.5) is 0 Å². The number of hydrogen-bond donors (Lipinski definition) is 0. The van der Waals surface area contributed by atoms with Gasteiger partial charge in [0.15, 0.2) is 6.29 Å². The molecular formula is C5H6ClO2. The Labute approximate surface area is 52.8 Å². The van der Waals surface area contributed by atoms with Crippen LogP contribution < -0.4 is 0 Å². The molecule has 0 rings (SSSR count). The van der Waals surface area contributed by atoms with Gasteiger partial charge in [0.05, 0.1) is 5.88 Å². The molecule has 0 bridgehead atoms. The van der Waals surface area contributed by atoms with Gasteiger partial charge in [-0.2, -0.15) is 0 Å². The van der Waals surface area contributed by atoms with Gasteiger partial charge in [-0.25, -0.2) is 0 Å². The van der Waals surface area contributed by atoms with Crippen molar-refractivity contribution in [3.05, 3.63) is 0 Å². The number of carbonyl (C=O) groups is 1. The van der Waals surface area contributed by atoms with Crippen LogP contribution in [0.25, 0.3) is 0 Å². The quantitative estimate of drug-likeness (QED) is 0.529. The zero-order chi connectivity index (χ0) is 6.41. The van der Waals surface area contributed by atoms with Crippen molar-refractivity contribution in [2.75, 3.05) is 5.88 Å². The van der Waals surface area contributed by atoms with Gasteiger partial charge in [-0.05, 0) is 0 Å². The molecule has 2 nitrogen and oxygen atoms in total. The molecule has 1 radical (unpaired) electrons. The van der Waals surface area contributed by atoms with E-state index in [1.807, 2.05) is 0 Å². The van der Waals surface area contributed by atoms with Crippen LogP contribution in [-0.4, -0.2) is 17.9 Å². The van der Waals surface area contributed by atoms with Crippen LogP contribution in [0.5, 0.6) is 0 Å². The minimum Gasteiger partial charge on any atom is -0.298 e. The summed E-state index contributed by atoms with van der Waals surface area (Å²) in [5.41, 5.74) is 0. The van der Waals surface area contributed by atoms with Gasteiger partial charge in [0.1, 0.15) is 5.78 Å². The topological polar surface area (TPSA) is 34.1 Å². The van der Waals surface area contributed by atoms with Gasteiger partial charge in [0.2, 0.25) is 0 Å². The highest BCUT2D eigenvalue weighted by atomic mass is 35.5. The van der Waals surface area contributed by atoms with Crippen molar-refractivity contribution in [3.63, 3.8) is 0 Å². The van der Waals surface area contributed by atoms with Gasteiger partial charge in [0, 0.05) is 12.8 Å². The number of alkyl halides is 1. The molecule has 0 fully saturated rings. The van der Waals surface area contributed by atoms with Crippen LogP contribution in [0, 0.1) is 0 Å². The summed E-state index contributed by atoms with van der Waals surface area (Å²) in [5.74, 6) is -0.100. The second kappa shape index (κ2) is 4.78. The first kappa shape index (κ1) is 7.63. The lowest BCUT2D eigenvalue weighted by molar-refractivity contribution is -0.116. The highest BCUT2D eigenvalue weighted by Gasteiger charge is 1.96. The molecule has 45 valence electrons. The lowest BCUT2D eigenvalue weighted by atomic mass is 10.2. The molecule has 3 heteroatoms. The number of hydrogen-bond acceptors (Lipinski definition) is 2. The average Bonchev–Trinajstić information content (AvgIpc) is 1.83. The summed E-state index contributed by atoms with van der Waals surface area (Å²) >= 11 is 5.11. The monoisotopic (exact) mass is 133 g/mol. The van der Waals surface area contributed by atoms with E-state index >= 15 is 0 Å². The summed E-state index contributed by atoms with van der Waals surface area (Å²) in [4.78, 5) is 19.8. The summed E-state index contributed by atoms with van der Waals surface area (Å²) in [5, 5.41) is 0. The number of rotatable bonds is 4. The number of halogens is 1. The van der Waals surface area contributed by atoms with E-state index in [9.17, 15) is 9.59 Å². The summed E-state index contributed by atoms with van der Waals surface area (Å²) in [7, 11) is 0. The summed E-state index contributed by atoms with van der Waals surface area (Å²) in [6.45, 7) is 0. The van der Waals surface area contributed by atoms with Crippen molar-refractivity contribution < 1.29 is 9.59 Å². The zero-order valence-corrected chi connectivity index (χ0v) is 5.07. The minimum atomic E-state index is -0.102. The molecule has 0 aliphatic carbocycles. The van der Waals surface area contributed by atoms with Gasteiger partial charge in [-0.1, -0.05) is 0 Å². The van der Waals surface area contributed by atoms with E-state index in [-0.39, 0.29) is 24.5 Å². The predicted molar refractivity (Wildman–Crippen MR) is 30.7 cm³/mol. The Morgan fingerprint density at radius 2 is 2.25 bits per heavy atom. The van der Waals surface area contributed by atoms with Gasteiger partial charge < -0.3 is 0 Å². The Morgan fingerprint density at radius 3 is 2.62 bits per heavy atom. The Bertz CT molecular complexity index is 90.4. The van der Waals surface area contributed by atoms with E-state index in [2.05, 4.69) is 0 Å². The Balaban J connectivity index is 3.11. The fraction of sp³-hybridized carbons (Fsp3) is 0.600. The van der Waals surface area contributed by atoms with Gasteiger partial charge in [0.25, 0.3) is 0 Å². The Hall–Kier alpha value is -0.370. The van der Waals surface area contributed by atoms with E-state index in [4.69, 9.17) is 11.6 Å². The molecule has 8 heavy (non-hydrogen) atoms. The smallest absolute Gasteiger partial charge is 0.198 e. The maximum atomic E-state index is 10.3. The van der Waals surface area contributed by atoms with E-state index < -0.39 is 0 Å². The molecule has 0 spiro atoms. The normalized spacial score (nSPS) is 8.62. The first-order valence-electron chi connectivity index (χ1n) is 2.24. The van der Waals surface area contributed by atoms with Crippen molar-refractivity contribution in [3.8, 4) is 0 Å². The highest BCUT2D eigenvalue weighted by molar-refractivity contribution is 6.27.